The average Bonchev–Trinajstić information content (AvgIpc) is 3.29. The molecule has 0 aromatic heterocycles. The third-order valence-electron chi connectivity index (χ3n) is 3.70. The number of benzene rings is 1. The molecule has 0 aliphatic heterocycles. The van der Waals surface area contributed by atoms with Crippen LogP contribution >= 0.6 is 12.4 Å². The Kier molecular flexibility index (Phi) is 6.84. The lowest BCUT2D eigenvalue weighted by Crippen LogP contribution is -2.42. The first-order valence-electron chi connectivity index (χ1n) is 7.32. The van der Waals surface area contributed by atoms with Crippen LogP contribution in [0.2, 0.25) is 0 Å². The molecular weight excluding hydrogens is 324 g/mol. The minimum atomic E-state index is -3.43. The van der Waals surface area contributed by atoms with Gasteiger partial charge in [0.1, 0.15) is 0 Å². The van der Waals surface area contributed by atoms with Crippen molar-refractivity contribution in [3.63, 3.8) is 0 Å². The maximum absolute atomic E-state index is 12.4. The van der Waals surface area contributed by atoms with Gasteiger partial charge in [0.25, 0.3) is 5.91 Å². The normalized spacial score (nSPS) is 15.7. The van der Waals surface area contributed by atoms with E-state index in [4.69, 9.17) is 5.73 Å². The van der Waals surface area contributed by atoms with Gasteiger partial charge in [-0.1, -0.05) is 19.1 Å². The van der Waals surface area contributed by atoms with Gasteiger partial charge >= 0.3 is 0 Å². The average molecular weight is 347 g/mol. The fourth-order valence-corrected chi connectivity index (χ4v) is 3.96. The Morgan fingerprint density at radius 2 is 2.00 bits per heavy atom. The van der Waals surface area contributed by atoms with Gasteiger partial charge in [-0.25, -0.2) is 8.42 Å². The molecule has 1 unspecified atom stereocenters. The molecule has 1 atom stereocenters. The summed E-state index contributed by atoms with van der Waals surface area (Å²) >= 11 is 0. The molecule has 0 heterocycles. The van der Waals surface area contributed by atoms with Crippen molar-refractivity contribution in [3.05, 3.63) is 29.8 Å². The van der Waals surface area contributed by atoms with E-state index in [0.29, 0.717) is 18.9 Å². The first-order chi connectivity index (χ1) is 9.99. The smallest absolute Gasteiger partial charge is 0.252 e. The Bertz CT molecular complexity index is 615. The fourth-order valence-electron chi connectivity index (χ4n) is 2.42. The summed E-state index contributed by atoms with van der Waals surface area (Å²) < 4.78 is 24.5. The maximum Gasteiger partial charge on any atom is 0.252 e. The molecule has 1 aliphatic rings. The number of nitrogens with one attached hydrogen (secondary N) is 1. The molecule has 1 aromatic rings. The third-order valence-corrected chi connectivity index (χ3v) is 5.67. The van der Waals surface area contributed by atoms with Crippen LogP contribution in [0.3, 0.4) is 0 Å². The lowest BCUT2D eigenvalue weighted by Gasteiger charge is -2.17. The summed E-state index contributed by atoms with van der Waals surface area (Å²) in [6.45, 7) is 2.18. The van der Waals surface area contributed by atoms with Crippen LogP contribution in [0.4, 0.5) is 0 Å². The number of rotatable bonds is 7. The highest BCUT2D eigenvalue weighted by atomic mass is 35.5. The second-order valence-corrected chi connectivity index (χ2v) is 7.55. The minimum Gasteiger partial charge on any atom is -0.348 e. The van der Waals surface area contributed by atoms with Crippen LogP contribution in [0, 0.1) is 5.92 Å². The number of halogens is 1. The van der Waals surface area contributed by atoms with Gasteiger partial charge < -0.3 is 11.1 Å². The van der Waals surface area contributed by atoms with Gasteiger partial charge in [0.15, 0.2) is 9.84 Å². The van der Waals surface area contributed by atoms with E-state index in [9.17, 15) is 13.2 Å². The molecule has 1 amide bonds. The predicted molar refractivity (Wildman–Crippen MR) is 89.1 cm³/mol. The number of hydrogen-bond acceptors (Lipinski definition) is 4. The molecule has 5 nitrogen and oxygen atoms in total. The van der Waals surface area contributed by atoms with Crippen molar-refractivity contribution in [2.75, 3.05) is 12.3 Å². The first-order valence-corrected chi connectivity index (χ1v) is 8.97. The van der Waals surface area contributed by atoms with Crippen molar-refractivity contribution in [2.24, 2.45) is 11.7 Å². The van der Waals surface area contributed by atoms with Crippen molar-refractivity contribution >= 4 is 28.2 Å². The summed E-state index contributed by atoms with van der Waals surface area (Å²) in [4.78, 5) is 12.5. The molecule has 22 heavy (non-hydrogen) atoms. The van der Waals surface area contributed by atoms with Crippen LogP contribution in [-0.4, -0.2) is 32.7 Å². The predicted octanol–water partition coefficient (Wildman–Crippen LogP) is 1.76. The molecule has 3 N–H and O–H groups in total. The van der Waals surface area contributed by atoms with Crippen LogP contribution < -0.4 is 11.1 Å². The van der Waals surface area contributed by atoms with Crippen LogP contribution in [0.1, 0.15) is 36.5 Å². The Balaban J connectivity index is 0.00000242. The molecule has 0 bridgehead atoms. The van der Waals surface area contributed by atoms with Gasteiger partial charge in [-0.05, 0) is 37.3 Å². The SMILES string of the molecule is CCCS(=O)(=O)c1ccccc1C(=O)NC(CN)C1CC1.Cl. The second-order valence-electron chi connectivity index (χ2n) is 5.47. The molecule has 2 rings (SSSR count). The van der Waals surface area contributed by atoms with Crippen molar-refractivity contribution < 1.29 is 13.2 Å². The number of sulfone groups is 1. The number of hydrogen-bond donors (Lipinski definition) is 2. The third kappa shape index (κ3) is 4.44. The molecule has 1 aromatic carbocycles. The van der Waals surface area contributed by atoms with Gasteiger partial charge in [0, 0.05) is 12.6 Å². The number of nitrogens with two attached hydrogens (primary N) is 1. The van der Waals surface area contributed by atoms with Crippen LogP contribution in [-0.2, 0) is 9.84 Å². The lowest BCUT2D eigenvalue weighted by molar-refractivity contribution is 0.0930. The van der Waals surface area contributed by atoms with E-state index in [1.54, 1.807) is 25.1 Å². The Morgan fingerprint density at radius 1 is 1.36 bits per heavy atom. The number of carbonyl (C=O) groups excluding carboxylic acids is 1. The van der Waals surface area contributed by atoms with E-state index < -0.39 is 9.84 Å². The van der Waals surface area contributed by atoms with E-state index in [0.717, 1.165) is 12.8 Å². The summed E-state index contributed by atoms with van der Waals surface area (Å²) in [5.41, 5.74) is 5.89. The summed E-state index contributed by atoms with van der Waals surface area (Å²) in [5.74, 6) is 0.117. The van der Waals surface area contributed by atoms with E-state index in [-0.39, 0.29) is 40.6 Å². The van der Waals surface area contributed by atoms with Gasteiger partial charge in [0.2, 0.25) is 0 Å². The Hall–Kier alpha value is -1.11. The largest absolute Gasteiger partial charge is 0.348 e. The zero-order chi connectivity index (χ0) is 15.5. The van der Waals surface area contributed by atoms with E-state index in [2.05, 4.69) is 5.32 Å². The molecule has 1 fully saturated rings. The highest BCUT2D eigenvalue weighted by Gasteiger charge is 2.32. The lowest BCUT2D eigenvalue weighted by atomic mass is 10.1. The van der Waals surface area contributed by atoms with Crippen molar-refractivity contribution in [3.8, 4) is 0 Å². The standard InChI is InChI=1S/C15H22N2O3S.ClH/c1-2-9-21(19,20)14-6-4-3-5-12(14)15(18)17-13(10-16)11-7-8-11;/h3-6,11,13H,2,7-10,16H2,1H3,(H,17,18);1H. The zero-order valence-corrected chi connectivity index (χ0v) is 14.3. The van der Waals surface area contributed by atoms with Gasteiger partial charge in [-0.15, -0.1) is 12.4 Å². The van der Waals surface area contributed by atoms with E-state index >= 15 is 0 Å². The molecule has 124 valence electrons. The summed E-state index contributed by atoms with van der Waals surface area (Å²) in [6, 6.07) is 6.29. The van der Waals surface area contributed by atoms with Crippen molar-refractivity contribution in [1.29, 1.82) is 0 Å². The molecule has 0 spiro atoms. The minimum absolute atomic E-state index is 0. The quantitative estimate of drug-likeness (QED) is 0.787. The number of amides is 1. The highest BCUT2D eigenvalue weighted by Crippen LogP contribution is 2.32. The van der Waals surface area contributed by atoms with Crippen LogP contribution in [0.25, 0.3) is 0 Å². The van der Waals surface area contributed by atoms with E-state index in [1.807, 2.05) is 0 Å². The summed E-state index contributed by atoms with van der Waals surface area (Å²) in [5, 5.41) is 2.87. The molecule has 7 heteroatoms. The van der Waals surface area contributed by atoms with Gasteiger partial charge in [-0.3, -0.25) is 4.79 Å². The Morgan fingerprint density at radius 3 is 2.55 bits per heavy atom. The number of carbonyl (C=O) groups is 1. The van der Waals surface area contributed by atoms with Gasteiger partial charge in [0.05, 0.1) is 16.2 Å². The van der Waals surface area contributed by atoms with Crippen molar-refractivity contribution in [2.45, 2.75) is 37.1 Å². The molecule has 1 saturated carbocycles. The molecule has 1 aliphatic carbocycles. The van der Waals surface area contributed by atoms with Crippen LogP contribution in [0.15, 0.2) is 29.2 Å². The molecular formula is C15H23ClN2O3S. The molecule has 0 radical (unpaired) electrons. The second kappa shape index (κ2) is 7.94. The summed E-state index contributed by atoms with van der Waals surface area (Å²) in [6.07, 6.45) is 2.65. The van der Waals surface area contributed by atoms with E-state index in [1.165, 1.54) is 6.07 Å². The maximum atomic E-state index is 12.4. The first kappa shape index (κ1) is 18.9. The summed E-state index contributed by atoms with van der Waals surface area (Å²) in [7, 11) is -3.43. The fraction of sp³-hybridized carbons (Fsp3) is 0.533. The monoisotopic (exact) mass is 346 g/mol. The molecule has 0 saturated heterocycles. The Labute approximate surface area is 138 Å². The zero-order valence-electron chi connectivity index (χ0n) is 12.6. The van der Waals surface area contributed by atoms with Gasteiger partial charge in [-0.2, -0.15) is 0 Å². The van der Waals surface area contributed by atoms with Crippen LogP contribution in [0.5, 0.6) is 0 Å². The topological polar surface area (TPSA) is 89.3 Å². The van der Waals surface area contributed by atoms with Crippen molar-refractivity contribution in [1.82, 2.24) is 5.32 Å². The highest BCUT2D eigenvalue weighted by molar-refractivity contribution is 7.91.